The Kier molecular flexibility index (Phi) is 3.51. The van der Waals surface area contributed by atoms with Crippen molar-refractivity contribution in [3.63, 3.8) is 0 Å². The number of fused-ring (bicyclic) bond motifs is 1. The average Bonchev–Trinajstić information content (AvgIpc) is 2.90. The van der Waals surface area contributed by atoms with Crippen molar-refractivity contribution < 1.29 is 14.7 Å². The molecule has 0 spiro atoms. The first-order valence-electron chi connectivity index (χ1n) is 6.50. The van der Waals surface area contributed by atoms with E-state index in [1.54, 1.807) is 29.2 Å². The number of carboxylic acid groups (broad SMARTS) is 1. The third-order valence-electron chi connectivity index (χ3n) is 3.58. The summed E-state index contributed by atoms with van der Waals surface area (Å²) in [4.78, 5) is 25.4. The summed E-state index contributed by atoms with van der Waals surface area (Å²) in [6, 6.07) is 12.2. The summed E-state index contributed by atoms with van der Waals surface area (Å²) >= 11 is 3.38. The quantitative estimate of drug-likeness (QED) is 0.907. The molecule has 3 rings (SSSR count). The Hall–Kier alpha value is -2.14. The number of nitrogens with zero attached hydrogens (tertiary/aromatic N) is 1. The van der Waals surface area contributed by atoms with Crippen LogP contribution in [0.4, 0.5) is 5.69 Å². The van der Waals surface area contributed by atoms with E-state index in [1.807, 2.05) is 18.2 Å². The molecule has 1 N–H and O–H groups in total. The Bertz CT molecular complexity index is 742. The number of hydrogen-bond acceptors (Lipinski definition) is 2. The summed E-state index contributed by atoms with van der Waals surface area (Å²) in [5, 5.41) is 9.09. The van der Waals surface area contributed by atoms with Crippen LogP contribution in [0.3, 0.4) is 0 Å². The van der Waals surface area contributed by atoms with Gasteiger partial charge in [0, 0.05) is 16.7 Å². The number of anilines is 1. The zero-order valence-electron chi connectivity index (χ0n) is 11.0. The van der Waals surface area contributed by atoms with Gasteiger partial charge in [-0.3, -0.25) is 4.79 Å². The van der Waals surface area contributed by atoms with Gasteiger partial charge in [-0.05, 0) is 52.2 Å². The van der Waals surface area contributed by atoms with Crippen LogP contribution < -0.4 is 4.90 Å². The fourth-order valence-corrected chi connectivity index (χ4v) is 2.96. The normalized spacial score (nSPS) is 13.1. The van der Waals surface area contributed by atoms with Crippen LogP contribution in [0.15, 0.2) is 46.9 Å². The van der Waals surface area contributed by atoms with Crippen molar-refractivity contribution in [1.82, 2.24) is 0 Å². The Morgan fingerprint density at radius 2 is 1.90 bits per heavy atom. The lowest BCUT2D eigenvalue weighted by molar-refractivity contribution is 0.0696. The standard InChI is InChI=1S/C16H12BrNO3/c17-13-4-2-1-3-12(13)15(19)18-8-7-10-5-6-11(16(20)21)9-14(10)18/h1-6,9H,7-8H2,(H,20,21). The highest BCUT2D eigenvalue weighted by atomic mass is 79.9. The first-order valence-corrected chi connectivity index (χ1v) is 7.30. The molecule has 1 aliphatic heterocycles. The van der Waals surface area contributed by atoms with Crippen molar-refractivity contribution >= 4 is 33.5 Å². The van der Waals surface area contributed by atoms with Gasteiger partial charge in [0.2, 0.25) is 0 Å². The molecule has 106 valence electrons. The third-order valence-corrected chi connectivity index (χ3v) is 4.27. The zero-order valence-corrected chi connectivity index (χ0v) is 12.6. The average molecular weight is 346 g/mol. The number of halogens is 1. The third kappa shape index (κ3) is 2.45. The van der Waals surface area contributed by atoms with E-state index in [-0.39, 0.29) is 11.5 Å². The van der Waals surface area contributed by atoms with E-state index in [1.165, 1.54) is 0 Å². The van der Waals surface area contributed by atoms with Gasteiger partial charge in [-0.25, -0.2) is 4.79 Å². The van der Waals surface area contributed by atoms with Crippen molar-refractivity contribution in [3.05, 3.63) is 63.6 Å². The number of amides is 1. The van der Waals surface area contributed by atoms with Gasteiger partial charge in [-0.15, -0.1) is 0 Å². The number of aromatic carboxylic acids is 1. The molecule has 1 amide bonds. The van der Waals surface area contributed by atoms with Crippen LogP contribution in [-0.2, 0) is 6.42 Å². The van der Waals surface area contributed by atoms with Gasteiger partial charge < -0.3 is 10.0 Å². The van der Waals surface area contributed by atoms with Crippen LogP contribution in [0.5, 0.6) is 0 Å². The number of hydrogen-bond donors (Lipinski definition) is 1. The van der Waals surface area contributed by atoms with Gasteiger partial charge in [0.15, 0.2) is 0 Å². The number of carbonyl (C=O) groups excluding carboxylic acids is 1. The lowest BCUT2D eigenvalue weighted by Crippen LogP contribution is -2.29. The first kappa shape index (κ1) is 13.8. The van der Waals surface area contributed by atoms with Crippen LogP contribution >= 0.6 is 15.9 Å². The lowest BCUT2D eigenvalue weighted by Gasteiger charge is -2.18. The molecule has 2 aromatic rings. The highest BCUT2D eigenvalue weighted by Crippen LogP contribution is 2.31. The minimum Gasteiger partial charge on any atom is -0.478 e. The van der Waals surface area contributed by atoms with Crippen molar-refractivity contribution in [2.45, 2.75) is 6.42 Å². The molecular formula is C16H12BrNO3. The second-order valence-electron chi connectivity index (χ2n) is 4.84. The van der Waals surface area contributed by atoms with Crippen LogP contribution in [-0.4, -0.2) is 23.5 Å². The second kappa shape index (κ2) is 5.33. The van der Waals surface area contributed by atoms with Gasteiger partial charge in [0.25, 0.3) is 5.91 Å². The summed E-state index contributed by atoms with van der Waals surface area (Å²) in [5.74, 6) is -1.11. The molecule has 0 aliphatic carbocycles. The summed E-state index contributed by atoms with van der Waals surface area (Å²) in [5.41, 5.74) is 2.46. The van der Waals surface area contributed by atoms with Crippen molar-refractivity contribution in [2.75, 3.05) is 11.4 Å². The van der Waals surface area contributed by atoms with E-state index in [0.717, 1.165) is 16.5 Å². The van der Waals surface area contributed by atoms with Crippen molar-refractivity contribution in [3.8, 4) is 0 Å². The fraction of sp³-hybridized carbons (Fsp3) is 0.125. The molecule has 0 bridgehead atoms. The topological polar surface area (TPSA) is 57.6 Å². The molecule has 2 aromatic carbocycles. The van der Waals surface area contributed by atoms with E-state index in [9.17, 15) is 9.59 Å². The molecule has 0 atom stereocenters. The fourth-order valence-electron chi connectivity index (χ4n) is 2.50. The first-order chi connectivity index (χ1) is 10.1. The molecule has 0 radical (unpaired) electrons. The van der Waals surface area contributed by atoms with E-state index in [0.29, 0.717) is 17.8 Å². The van der Waals surface area contributed by atoms with Gasteiger partial charge in [-0.1, -0.05) is 18.2 Å². The smallest absolute Gasteiger partial charge is 0.335 e. The SMILES string of the molecule is O=C(O)c1ccc2c(c1)N(C(=O)c1ccccc1Br)CC2. The number of carboxylic acids is 1. The van der Waals surface area contributed by atoms with Crippen LogP contribution in [0.2, 0.25) is 0 Å². The van der Waals surface area contributed by atoms with Gasteiger partial charge in [0.1, 0.15) is 0 Å². The van der Waals surface area contributed by atoms with Gasteiger partial charge >= 0.3 is 5.97 Å². The zero-order chi connectivity index (χ0) is 15.0. The Labute approximate surface area is 130 Å². The summed E-state index contributed by atoms with van der Waals surface area (Å²) in [6.45, 7) is 0.568. The molecule has 0 aromatic heterocycles. The maximum Gasteiger partial charge on any atom is 0.335 e. The second-order valence-corrected chi connectivity index (χ2v) is 5.69. The Morgan fingerprint density at radius 1 is 1.14 bits per heavy atom. The van der Waals surface area contributed by atoms with E-state index in [4.69, 9.17) is 5.11 Å². The molecule has 0 saturated heterocycles. The summed E-state index contributed by atoms with van der Waals surface area (Å²) in [6.07, 6.45) is 0.741. The Morgan fingerprint density at radius 3 is 2.62 bits per heavy atom. The summed E-state index contributed by atoms with van der Waals surface area (Å²) < 4.78 is 0.734. The van der Waals surface area contributed by atoms with Crippen LogP contribution in [0, 0.1) is 0 Å². The van der Waals surface area contributed by atoms with Gasteiger partial charge in [0.05, 0.1) is 11.1 Å². The molecule has 21 heavy (non-hydrogen) atoms. The van der Waals surface area contributed by atoms with Gasteiger partial charge in [-0.2, -0.15) is 0 Å². The maximum atomic E-state index is 12.7. The predicted octanol–water partition coefficient (Wildman–Crippen LogP) is 3.35. The maximum absolute atomic E-state index is 12.7. The molecule has 0 fully saturated rings. The molecule has 0 saturated carbocycles. The number of carbonyl (C=O) groups is 2. The molecule has 5 heteroatoms. The van der Waals surface area contributed by atoms with E-state index < -0.39 is 5.97 Å². The largest absolute Gasteiger partial charge is 0.478 e. The van der Waals surface area contributed by atoms with E-state index >= 15 is 0 Å². The number of rotatable bonds is 2. The monoisotopic (exact) mass is 345 g/mol. The molecular weight excluding hydrogens is 334 g/mol. The lowest BCUT2D eigenvalue weighted by atomic mass is 10.1. The predicted molar refractivity (Wildman–Crippen MR) is 82.9 cm³/mol. The highest BCUT2D eigenvalue weighted by molar-refractivity contribution is 9.10. The van der Waals surface area contributed by atoms with Crippen molar-refractivity contribution in [2.24, 2.45) is 0 Å². The van der Waals surface area contributed by atoms with E-state index in [2.05, 4.69) is 15.9 Å². The van der Waals surface area contributed by atoms with Crippen molar-refractivity contribution in [1.29, 1.82) is 0 Å². The van der Waals surface area contributed by atoms with Crippen LogP contribution in [0.25, 0.3) is 0 Å². The minimum absolute atomic E-state index is 0.122. The molecule has 1 aliphatic rings. The minimum atomic E-state index is -0.988. The molecule has 4 nitrogen and oxygen atoms in total. The molecule has 0 unspecified atom stereocenters. The molecule has 1 heterocycles. The number of benzene rings is 2. The van der Waals surface area contributed by atoms with Crippen LogP contribution in [0.1, 0.15) is 26.3 Å². The summed E-state index contributed by atoms with van der Waals surface area (Å²) in [7, 11) is 0. The highest BCUT2D eigenvalue weighted by Gasteiger charge is 2.27. The Balaban J connectivity index is 2.01.